The van der Waals surface area contributed by atoms with Gasteiger partial charge in [-0.3, -0.25) is 14.5 Å². The molecular weight excluding hydrogens is 232 g/mol. The van der Waals surface area contributed by atoms with Gasteiger partial charge in [0, 0.05) is 19.6 Å². The lowest BCUT2D eigenvalue weighted by Gasteiger charge is -2.31. The van der Waals surface area contributed by atoms with Crippen LogP contribution in [0.2, 0.25) is 0 Å². The van der Waals surface area contributed by atoms with Crippen LogP contribution in [-0.2, 0) is 9.59 Å². The molecule has 2 rings (SSSR count). The van der Waals surface area contributed by atoms with Gasteiger partial charge in [0.25, 0.3) is 0 Å². The summed E-state index contributed by atoms with van der Waals surface area (Å²) in [7, 11) is 0. The summed E-state index contributed by atoms with van der Waals surface area (Å²) in [6.07, 6.45) is 2.99. The molecule has 0 aromatic heterocycles. The zero-order valence-corrected chi connectivity index (χ0v) is 11.1. The molecule has 102 valence electrons. The molecule has 0 radical (unpaired) electrons. The van der Waals surface area contributed by atoms with Gasteiger partial charge < -0.3 is 10.0 Å². The molecule has 5 heteroatoms. The minimum absolute atomic E-state index is 0.0906. The van der Waals surface area contributed by atoms with Crippen LogP contribution in [0.5, 0.6) is 0 Å². The summed E-state index contributed by atoms with van der Waals surface area (Å²) in [6, 6.07) is -0.819. The van der Waals surface area contributed by atoms with E-state index in [1.54, 1.807) is 0 Å². The lowest BCUT2D eigenvalue weighted by atomic mass is 10.0. The van der Waals surface area contributed by atoms with Gasteiger partial charge in [-0.1, -0.05) is 6.92 Å². The summed E-state index contributed by atoms with van der Waals surface area (Å²) in [5, 5.41) is 9.28. The number of carboxylic acids is 1. The summed E-state index contributed by atoms with van der Waals surface area (Å²) in [5.41, 5.74) is 0. The molecule has 0 aromatic carbocycles. The summed E-state index contributed by atoms with van der Waals surface area (Å²) in [5.74, 6) is -0.592. The van der Waals surface area contributed by atoms with Gasteiger partial charge in [0.05, 0.1) is 6.04 Å². The van der Waals surface area contributed by atoms with Gasteiger partial charge in [-0.05, 0) is 32.1 Å². The Labute approximate surface area is 108 Å². The van der Waals surface area contributed by atoms with Crippen molar-refractivity contribution in [3.8, 4) is 0 Å². The Hall–Kier alpha value is -1.10. The fraction of sp³-hybridized carbons (Fsp3) is 0.846. The molecule has 2 heterocycles. The second kappa shape index (κ2) is 5.26. The van der Waals surface area contributed by atoms with Gasteiger partial charge in [-0.15, -0.1) is 0 Å². The van der Waals surface area contributed by atoms with Crippen LogP contribution in [0.4, 0.5) is 0 Å². The predicted octanol–water partition coefficient (Wildman–Crippen LogP) is 0.792. The summed E-state index contributed by atoms with van der Waals surface area (Å²) in [6.45, 7) is 6.15. The van der Waals surface area contributed by atoms with Crippen molar-refractivity contribution in [2.75, 3.05) is 19.6 Å². The van der Waals surface area contributed by atoms with Crippen molar-refractivity contribution in [1.29, 1.82) is 0 Å². The van der Waals surface area contributed by atoms with Gasteiger partial charge in [0.2, 0.25) is 5.91 Å². The van der Waals surface area contributed by atoms with Crippen molar-refractivity contribution in [2.24, 2.45) is 5.92 Å². The van der Waals surface area contributed by atoms with Crippen molar-refractivity contribution in [3.63, 3.8) is 0 Å². The number of likely N-dealkylation sites (tertiary alicyclic amines) is 2. The Bertz CT molecular complexity index is 339. The highest BCUT2D eigenvalue weighted by atomic mass is 16.4. The van der Waals surface area contributed by atoms with Crippen LogP contribution >= 0.6 is 0 Å². The first-order valence-corrected chi connectivity index (χ1v) is 6.79. The van der Waals surface area contributed by atoms with E-state index < -0.39 is 12.0 Å². The van der Waals surface area contributed by atoms with Crippen molar-refractivity contribution in [1.82, 2.24) is 9.80 Å². The van der Waals surface area contributed by atoms with E-state index in [1.165, 1.54) is 0 Å². The predicted molar refractivity (Wildman–Crippen MR) is 67.2 cm³/mol. The molecule has 2 fully saturated rings. The molecule has 18 heavy (non-hydrogen) atoms. The second-order valence-electron chi connectivity index (χ2n) is 5.50. The molecule has 0 aliphatic carbocycles. The molecule has 2 aliphatic rings. The maximum atomic E-state index is 12.3. The van der Waals surface area contributed by atoms with E-state index in [0.29, 0.717) is 6.54 Å². The minimum atomic E-state index is -0.805. The van der Waals surface area contributed by atoms with Crippen LogP contribution in [0.1, 0.15) is 33.1 Å². The van der Waals surface area contributed by atoms with Crippen molar-refractivity contribution in [3.05, 3.63) is 0 Å². The Morgan fingerprint density at radius 3 is 2.39 bits per heavy atom. The van der Waals surface area contributed by atoms with Crippen LogP contribution in [0.15, 0.2) is 0 Å². The molecule has 2 saturated heterocycles. The van der Waals surface area contributed by atoms with E-state index in [1.807, 2.05) is 23.6 Å². The Morgan fingerprint density at radius 2 is 1.83 bits per heavy atom. The number of aliphatic carboxylic acids is 1. The molecule has 2 aliphatic heterocycles. The average molecular weight is 254 g/mol. The second-order valence-corrected chi connectivity index (χ2v) is 5.50. The summed E-state index contributed by atoms with van der Waals surface area (Å²) in [4.78, 5) is 27.3. The Morgan fingerprint density at radius 1 is 1.22 bits per heavy atom. The van der Waals surface area contributed by atoms with Crippen molar-refractivity contribution >= 4 is 11.9 Å². The number of carboxylic acid groups (broad SMARTS) is 1. The largest absolute Gasteiger partial charge is 0.480 e. The van der Waals surface area contributed by atoms with E-state index in [-0.39, 0.29) is 17.9 Å². The Kier molecular flexibility index (Phi) is 3.90. The van der Waals surface area contributed by atoms with Gasteiger partial charge in [-0.25, -0.2) is 0 Å². The van der Waals surface area contributed by atoms with Gasteiger partial charge in [0.1, 0.15) is 6.04 Å². The number of nitrogens with zero attached hydrogens (tertiary/aromatic N) is 2. The zero-order valence-electron chi connectivity index (χ0n) is 11.1. The Balaban J connectivity index is 2.05. The lowest BCUT2D eigenvalue weighted by molar-refractivity contribution is -0.146. The smallest absolute Gasteiger partial charge is 0.321 e. The summed E-state index contributed by atoms with van der Waals surface area (Å²) >= 11 is 0. The number of hydrogen-bond acceptors (Lipinski definition) is 3. The molecule has 0 aromatic rings. The maximum absolute atomic E-state index is 12.3. The van der Waals surface area contributed by atoms with Crippen LogP contribution in [0, 0.1) is 5.92 Å². The number of amides is 1. The number of hydrogen-bond donors (Lipinski definition) is 1. The third-order valence-corrected chi connectivity index (χ3v) is 4.26. The van der Waals surface area contributed by atoms with Gasteiger partial charge >= 0.3 is 5.97 Å². The fourth-order valence-corrected chi connectivity index (χ4v) is 3.14. The van der Waals surface area contributed by atoms with Crippen LogP contribution in [-0.4, -0.2) is 58.5 Å². The highest BCUT2D eigenvalue weighted by Crippen LogP contribution is 2.27. The van der Waals surface area contributed by atoms with Gasteiger partial charge in [0.15, 0.2) is 0 Å². The van der Waals surface area contributed by atoms with Crippen molar-refractivity contribution < 1.29 is 14.7 Å². The molecule has 5 nitrogen and oxygen atoms in total. The van der Waals surface area contributed by atoms with Crippen LogP contribution < -0.4 is 0 Å². The molecule has 1 amide bonds. The van der Waals surface area contributed by atoms with E-state index in [9.17, 15) is 14.7 Å². The van der Waals surface area contributed by atoms with E-state index in [4.69, 9.17) is 0 Å². The number of carbonyl (C=O) groups excluding carboxylic acids is 1. The summed E-state index contributed by atoms with van der Waals surface area (Å²) < 4.78 is 0. The first-order chi connectivity index (χ1) is 8.52. The third-order valence-electron chi connectivity index (χ3n) is 4.26. The standard InChI is InChI=1S/C13H22N2O3/c1-9-5-8-15(11(9)13(17)18)10(2)12(16)14-6-3-4-7-14/h9-11H,3-8H2,1-2H3,(H,17,18). The minimum Gasteiger partial charge on any atom is -0.480 e. The molecule has 3 atom stereocenters. The van der Waals surface area contributed by atoms with E-state index in [0.717, 1.165) is 32.4 Å². The van der Waals surface area contributed by atoms with Gasteiger partial charge in [-0.2, -0.15) is 0 Å². The van der Waals surface area contributed by atoms with E-state index >= 15 is 0 Å². The first-order valence-electron chi connectivity index (χ1n) is 6.79. The third kappa shape index (κ3) is 2.36. The topological polar surface area (TPSA) is 60.9 Å². The normalized spacial score (nSPS) is 30.7. The quantitative estimate of drug-likeness (QED) is 0.809. The molecule has 0 spiro atoms. The average Bonchev–Trinajstić information content (AvgIpc) is 2.95. The molecule has 0 bridgehead atoms. The molecular formula is C13H22N2O3. The molecule has 3 unspecified atom stereocenters. The zero-order chi connectivity index (χ0) is 13.3. The van der Waals surface area contributed by atoms with E-state index in [2.05, 4.69) is 0 Å². The first kappa shape index (κ1) is 13.3. The molecule has 1 N–H and O–H groups in total. The lowest BCUT2D eigenvalue weighted by Crippen LogP contribution is -2.51. The highest BCUT2D eigenvalue weighted by molar-refractivity contribution is 5.83. The molecule has 0 saturated carbocycles. The fourth-order valence-electron chi connectivity index (χ4n) is 3.14. The van der Waals surface area contributed by atoms with Crippen molar-refractivity contribution in [2.45, 2.75) is 45.2 Å². The monoisotopic (exact) mass is 254 g/mol. The van der Waals surface area contributed by atoms with Crippen LogP contribution in [0.25, 0.3) is 0 Å². The number of carbonyl (C=O) groups is 2. The maximum Gasteiger partial charge on any atom is 0.321 e. The SMILES string of the molecule is CC1CCN(C(C)C(=O)N2CCCC2)C1C(=O)O. The number of rotatable bonds is 3. The highest BCUT2D eigenvalue weighted by Gasteiger charge is 2.42. The van der Waals surface area contributed by atoms with Crippen LogP contribution in [0.3, 0.4) is 0 Å².